The first-order valence-electron chi connectivity index (χ1n) is 8.00. The van der Waals surface area contributed by atoms with Gasteiger partial charge in [-0.15, -0.1) is 0 Å². The van der Waals surface area contributed by atoms with Gasteiger partial charge < -0.3 is 15.3 Å². The fourth-order valence-corrected chi connectivity index (χ4v) is 2.83. The van der Waals surface area contributed by atoms with Crippen LogP contribution in [-0.4, -0.2) is 28.4 Å². The van der Waals surface area contributed by atoms with Crippen molar-refractivity contribution in [2.75, 3.05) is 16.8 Å². The summed E-state index contributed by atoms with van der Waals surface area (Å²) in [5, 5.41) is 23.1. The number of anilines is 2. The molecule has 0 radical (unpaired) electrons. The molecule has 134 valence electrons. The van der Waals surface area contributed by atoms with Crippen LogP contribution in [0.2, 0.25) is 0 Å². The summed E-state index contributed by atoms with van der Waals surface area (Å²) in [6, 6.07) is 10.9. The number of hydrogen-bond acceptors (Lipinski definition) is 5. The molecule has 1 atom stereocenters. The van der Waals surface area contributed by atoms with Crippen molar-refractivity contribution in [2.45, 2.75) is 13.3 Å². The second kappa shape index (κ2) is 6.83. The lowest BCUT2D eigenvalue weighted by Gasteiger charge is -2.17. The Labute approximate surface area is 149 Å². The molecule has 0 bridgehead atoms. The summed E-state index contributed by atoms with van der Waals surface area (Å²) in [5.41, 5.74) is 1.60. The van der Waals surface area contributed by atoms with Gasteiger partial charge in [0.2, 0.25) is 11.8 Å². The molecule has 1 aliphatic heterocycles. The van der Waals surface area contributed by atoms with Crippen molar-refractivity contribution in [1.29, 1.82) is 0 Å². The molecule has 1 fully saturated rings. The number of rotatable bonds is 4. The normalized spacial score (nSPS) is 16.6. The summed E-state index contributed by atoms with van der Waals surface area (Å²) >= 11 is 0. The highest BCUT2D eigenvalue weighted by atomic mass is 16.6. The van der Waals surface area contributed by atoms with Gasteiger partial charge in [0, 0.05) is 24.7 Å². The van der Waals surface area contributed by atoms with Gasteiger partial charge in [-0.25, -0.2) is 0 Å². The van der Waals surface area contributed by atoms with Gasteiger partial charge in [0.05, 0.1) is 22.6 Å². The predicted octanol–water partition coefficient (Wildman–Crippen LogP) is 2.60. The Hall–Kier alpha value is -3.42. The summed E-state index contributed by atoms with van der Waals surface area (Å²) in [6.45, 7) is 2.18. The van der Waals surface area contributed by atoms with E-state index in [4.69, 9.17) is 0 Å². The van der Waals surface area contributed by atoms with Gasteiger partial charge >= 0.3 is 0 Å². The van der Waals surface area contributed by atoms with E-state index in [1.165, 1.54) is 12.1 Å². The summed E-state index contributed by atoms with van der Waals surface area (Å²) in [6.07, 6.45) is 0.0629. The van der Waals surface area contributed by atoms with Crippen LogP contribution >= 0.6 is 0 Å². The predicted molar refractivity (Wildman–Crippen MR) is 95.0 cm³/mol. The minimum absolute atomic E-state index is 0.0629. The van der Waals surface area contributed by atoms with Crippen molar-refractivity contribution in [1.82, 2.24) is 0 Å². The Morgan fingerprint density at radius 2 is 1.96 bits per heavy atom. The molecule has 0 aromatic heterocycles. The van der Waals surface area contributed by atoms with Crippen LogP contribution in [0.25, 0.3) is 0 Å². The van der Waals surface area contributed by atoms with E-state index in [2.05, 4.69) is 5.32 Å². The molecule has 2 N–H and O–H groups in total. The lowest BCUT2D eigenvalue weighted by molar-refractivity contribution is -0.384. The van der Waals surface area contributed by atoms with Crippen molar-refractivity contribution in [2.24, 2.45) is 5.92 Å². The van der Waals surface area contributed by atoms with Crippen molar-refractivity contribution in [3.63, 3.8) is 0 Å². The van der Waals surface area contributed by atoms with Gasteiger partial charge in [-0.1, -0.05) is 17.7 Å². The van der Waals surface area contributed by atoms with Crippen LogP contribution in [0.5, 0.6) is 5.75 Å². The number of non-ortho nitro benzene ring substituents is 1. The molecule has 8 nitrogen and oxygen atoms in total. The quantitative estimate of drug-likeness (QED) is 0.497. The molecule has 0 spiro atoms. The number of nitro groups is 1. The van der Waals surface area contributed by atoms with E-state index in [1.807, 2.05) is 31.2 Å². The van der Waals surface area contributed by atoms with Crippen molar-refractivity contribution < 1.29 is 19.6 Å². The van der Waals surface area contributed by atoms with Gasteiger partial charge in [0.1, 0.15) is 5.75 Å². The van der Waals surface area contributed by atoms with Crippen LogP contribution in [0.15, 0.2) is 42.5 Å². The van der Waals surface area contributed by atoms with Crippen LogP contribution in [0.3, 0.4) is 0 Å². The molecule has 0 saturated carbocycles. The lowest BCUT2D eigenvalue weighted by Crippen LogP contribution is -2.28. The van der Waals surface area contributed by atoms with Gasteiger partial charge in [-0.05, 0) is 25.1 Å². The van der Waals surface area contributed by atoms with E-state index in [1.54, 1.807) is 4.90 Å². The van der Waals surface area contributed by atoms with E-state index in [0.29, 0.717) is 0 Å². The summed E-state index contributed by atoms with van der Waals surface area (Å²) < 4.78 is 0. The van der Waals surface area contributed by atoms with E-state index in [-0.39, 0.29) is 30.2 Å². The van der Waals surface area contributed by atoms with Crippen LogP contribution in [0.1, 0.15) is 12.0 Å². The van der Waals surface area contributed by atoms with Crippen LogP contribution in [0, 0.1) is 23.0 Å². The maximum absolute atomic E-state index is 12.4. The molecule has 1 aliphatic rings. The molecule has 2 aromatic rings. The van der Waals surface area contributed by atoms with Crippen molar-refractivity contribution in [3.05, 3.63) is 58.1 Å². The summed E-state index contributed by atoms with van der Waals surface area (Å²) in [7, 11) is 0. The molecule has 0 aliphatic carbocycles. The zero-order chi connectivity index (χ0) is 18.8. The number of aromatic hydroxyl groups is 1. The SMILES string of the molecule is Cc1ccc(N2CC(C(=O)Nc3ccc([N+](=O)[O-])cc3O)CC2=O)cc1. The molecule has 3 rings (SSSR count). The summed E-state index contributed by atoms with van der Waals surface area (Å²) in [4.78, 5) is 36.3. The van der Waals surface area contributed by atoms with E-state index < -0.39 is 22.5 Å². The number of carbonyl (C=O) groups is 2. The molecular weight excluding hydrogens is 338 g/mol. The first kappa shape index (κ1) is 17.4. The van der Waals surface area contributed by atoms with Crippen LogP contribution in [-0.2, 0) is 9.59 Å². The number of carbonyl (C=O) groups excluding carboxylic acids is 2. The minimum Gasteiger partial charge on any atom is -0.506 e. The third-order valence-electron chi connectivity index (χ3n) is 4.29. The fourth-order valence-electron chi connectivity index (χ4n) is 2.83. The lowest BCUT2D eigenvalue weighted by atomic mass is 10.1. The van der Waals surface area contributed by atoms with Gasteiger partial charge in [0.15, 0.2) is 0 Å². The minimum atomic E-state index is -0.638. The second-order valence-corrected chi connectivity index (χ2v) is 6.19. The molecule has 2 amide bonds. The number of hydrogen-bond donors (Lipinski definition) is 2. The number of amides is 2. The monoisotopic (exact) mass is 355 g/mol. The Morgan fingerprint density at radius 1 is 1.27 bits per heavy atom. The van der Waals surface area contributed by atoms with Crippen molar-refractivity contribution >= 4 is 28.9 Å². The highest BCUT2D eigenvalue weighted by Gasteiger charge is 2.35. The maximum atomic E-state index is 12.4. The Kier molecular flexibility index (Phi) is 4.57. The Bertz CT molecular complexity index is 879. The number of nitrogens with zero attached hydrogens (tertiary/aromatic N) is 2. The number of phenols is 1. The number of phenolic OH excluding ortho intramolecular Hbond substituents is 1. The number of aryl methyl sites for hydroxylation is 1. The van der Waals surface area contributed by atoms with E-state index >= 15 is 0 Å². The van der Waals surface area contributed by atoms with Gasteiger partial charge in [-0.2, -0.15) is 0 Å². The first-order chi connectivity index (χ1) is 12.3. The molecule has 1 saturated heterocycles. The van der Waals surface area contributed by atoms with Crippen molar-refractivity contribution in [3.8, 4) is 5.75 Å². The number of nitrogens with one attached hydrogen (secondary N) is 1. The zero-order valence-electron chi connectivity index (χ0n) is 14.0. The first-order valence-corrected chi connectivity index (χ1v) is 8.00. The van der Waals surface area contributed by atoms with Gasteiger partial charge in [0.25, 0.3) is 5.69 Å². The maximum Gasteiger partial charge on any atom is 0.273 e. The Morgan fingerprint density at radius 3 is 2.58 bits per heavy atom. The average molecular weight is 355 g/mol. The fraction of sp³-hybridized carbons (Fsp3) is 0.222. The third-order valence-corrected chi connectivity index (χ3v) is 4.29. The zero-order valence-corrected chi connectivity index (χ0v) is 14.0. The Balaban J connectivity index is 1.70. The van der Waals surface area contributed by atoms with Gasteiger partial charge in [-0.3, -0.25) is 19.7 Å². The van der Waals surface area contributed by atoms with E-state index in [9.17, 15) is 24.8 Å². The molecular formula is C18H17N3O5. The number of nitro benzene ring substituents is 1. The van der Waals surface area contributed by atoms with E-state index in [0.717, 1.165) is 17.3 Å². The third kappa shape index (κ3) is 3.49. The topological polar surface area (TPSA) is 113 Å². The molecule has 1 heterocycles. The highest BCUT2D eigenvalue weighted by molar-refractivity contribution is 6.03. The molecule has 26 heavy (non-hydrogen) atoms. The highest BCUT2D eigenvalue weighted by Crippen LogP contribution is 2.30. The number of benzene rings is 2. The summed E-state index contributed by atoms with van der Waals surface area (Å²) in [5.74, 6) is -1.54. The molecule has 2 aromatic carbocycles. The smallest absolute Gasteiger partial charge is 0.273 e. The second-order valence-electron chi connectivity index (χ2n) is 6.19. The molecule has 1 unspecified atom stereocenters. The standard InChI is InChI=1S/C18H17N3O5/c1-11-2-4-13(5-3-11)20-10-12(8-17(20)23)18(24)19-15-7-6-14(21(25)26)9-16(15)22/h2-7,9,12,22H,8,10H2,1H3,(H,19,24). The average Bonchev–Trinajstić information content (AvgIpc) is 2.99. The molecule has 8 heteroatoms. The van der Waals surface area contributed by atoms with Crippen LogP contribution < -0.4 is 10.2 Å². The van der Waals surface area contributed by atoms with Crippen LogP contribution in [0.4, 0.5) is 17.1 Å². The largest absolute Gasteiger partial charge is 0.506 e.